The Morgan fingerprint density at radius 3 is 2.61 bits per heavy atom. The molecule has 0 unspecified atom stereocenters. The van der Waals surface area contributed by atoms with Gasteiger partial charge in [0.1, 0.15) is 17.2 Å². The minimum Gasteiger partial charge on any atom is -0.481 e. The number of nitrogen functional groups attached to an aromatic ring is 1. The zero-order chi connectivity index (χ0) is 29.1. The number of carbonyl (C=O) groups excluding carboxylic acids is 1. The molecule has 0 aliphatic carbocycles. The van der Waals surface area contributed by atoms with Crippen LogP contribution < -0.4 is 21.3 Å². The molecule has 208 valence electrons. The summed E-state index contributed by atoms with van der Waals surface area (Å²) in [5.74, 6) is 0.874. The minimum atomic E-state index is -0.565. The predicted octanol–water partition coefficient (Wildman–Crippen LogP) is 4.09. The molecule has 41 heavy (non-hydrogen) atoms. The van der Waals surface area contributed by atoms with Gasteiger partial charge in [0, 0.05) is 32.1 Å². The summed E-state index contributed by atoms with van der Waals surface area (Å²) in [7, 11) is 3.24. The van der Waals surface area contributed by atoms with E-state index < -0.39 is 6.04 Å². The molecule has 0 aliphatic rings. The quantitative estimate of drug-likeness (QED) is 0.292. The number of nitrogens with zero attached hydrogens (tertiary/aromatic N) is 6. The Bertz CT molecular complexity index is 1790. The number of amides is 1. The lowest BCUT2D eigenvalue weighted by Crippen LogP contribution is -2.30. The number of carbonyl (C=O) groups is 1. The van der Waals surface area contributed by atoms with Crippen molar-refractivity contribution in [3.8, 4) is 22.7 Å². The molecule has 3 heterocycles. The standard InChI is InChI=1S/C30H30N8O3/c1-5-37(3)28(39)22-17-33-30(31)36-26(22)34-18(2)27-35-23-13-9-12-21(19-14-15-32-24(16-19)41-4)25(23)29(40)38(27)20-10-7-6-8-11-20/h6-18H,5H2,1-4H3,(H3,31,33,34,36)/t18-/m0/s1. The maximum Gasteiger partial charge on any atom is 0.266 e. The summed E-state index contributed by atoms with van der Waals surface area (Å²) in [5.41, 5.74) is 8.54. The molecule has 5 aromatic rings. The lowest BCUT2D eigenvalue weighted by molar-refractivity contribution is 0.0802. The number of methoxy groups -OCH3 is 1. The highest BCUT2D eigenvalue weighted by atomic mass is 16.5. The number of fused-ring (bicyclic) bond motifs is 1. The Balaban J connectivity index is 1.70. The van der Waals surface area contributed by atoms with Crippen molar-refractivity contribution in [1.29, 1.82) is 0 Å². The molecule has 0 saturated heterocycles. The molecular weight excluding hydrogens is 520 g/mol. The largest absolute Gasteiger partial charge is 0.481 e. The lowest BCUT2D eigenvalue weighted by Gasteiger charge is -2.22. The fourth-order valence-electron chi connectivity index (χ4n) is 4.57. The van der Waals surface area contributed by atoms with Gasteiger partial charge in [-0.15, -0.1) is 0 Å². The first kappa shape index (κ1) is 27.3. The lowest BCUT2D eigenvalue weighted by atomic mass is 10.0. The van der Waals surface area contributed by atoms with E-state index in [2.05, 4.69) is 20.3 Å². The number of aromatic nitrogens is 5. The fraction of sp³-hybridized carbons (Fsp3) is 0.200. The number of ether oxygens (including phenoxy) is 1. The summed E-state index contributed by atoms with van der Waals surface area (Å²) in [6.45, 7) is 4.23. The van der Waals surface area contributed by atoms with Crippen LogP contribution in [-0.2, 0) is 0 Å². The molecule has 0 bridgehead atoms. The maximum atomic E-state index is 14.4. The van der Waals surface area contributed by atoms with Crippen LogP contribution in [0.1, 0.15) is 36.1 Å². The molecule has 0 spiro atoms. The van der Waals surface area contributed by atoms with Crippen molar-refractivity contribution in [1.82, 2.24) is 29.4 Å². The number of pyridine rings is 1. The molecule has 0 radical (unpaired) electrons. The average molecular weight is 551 g/mol. The monoisotopic (exact) mass is 550 g/mol. The van der Waals surface area contributed by atoms with E-state index in [4.69, 9.17) is 15.5 Å². The Morgan fingerprint density at radius 2 is 1.88 bits per heavy atom. The van der Waals surface area contributed by atoms with Crippen LogP contribution in [0, 0.1) is 0 Å². The Kier molecular flexibility index (Phi) is 7.59. The van der Waals surface area contributed by atoms with Crippen LogP contribution in [0.5, 0.6) is 5.88 Å². The molecule has 11 nitrogen and oxygen atoms in total. The van der Waals surface area contributed by atoms with Gasteiger partial charge in [-0.3, -0.25) is 14.2 Å². The van der Waals surface area contributed by atoms with Gasteiger partial charge in [-0.1, -0.05) is 30.3 Å². The Hall–Kier alpha value is -5.32. The number of para-hydroxylation sites is 1. The first-order valence-corrected chi connectivity index (χ1v) is 13.1. The van der Waals surface area contributed by atoms with E-state index >= 15 is 0 Å². The smallest absolute Gasteiger partial charge is 0.266 e. The van der Waals surface area contributed by atoms with Crippen LogP contribution in [0.25, 0.3) is 27.7 Å². The number of rotatable bonds is 8. The van der Waals surface area contributed by atoms with Crippen LogP contribution in [0.15, 0.2) is 77.9 Å². The summed E-state index contributed by atoms with van der Waals surface area (Å²) in [5, 5.41) is 3.72. The molecular formula is C30H30N8O3. The number of benzene rings is 2. The van der Waals surface area contributed by atoms with Crippen LogP contribution in [0.4, 0.5) is 11.8 Å². The van der Waals surface area contributed by atoms with Crippen molar-refractivity contribution in [3.63, 3.8) is 0 Å². The second-order valence-corrected chi connectivity index (χ2v) is 9.41. The molecule has 0 fully saturated rings. The SMILES string of the molecule is CCN(C)C(=O)c1cnc(N)nc1N[C@@H](C)c1nc2cccc(-c3ccnc(OC)c3)c2c(=O)n1-c1ccccc1. The van der Waals surface area contributed by atoms with E-state index in [1.807, 2.05) is 62.4 Å². The van der Waals surface area contributed by atoms with E-state index in [1.165, 1.54) is 6.20 Å². The number of hydrogen-bond donors (Lipinski definition) is 2. The summed E-state index contributed by atoms with van der Waals surface area (Å²) >= 11 is 0. The molecule has 3 aromatic heterocycles. The molecule has 0 saturated carbocycles. The van der Waals surface area contributed by atoms with Gasteiger partial charge in [-0.05, 0) is 49.2 Å². The normalized spacial score (nSPS) is 11.7. The van der Waals surface area contributed by atoms with E-state index in [0.29, 0.717) is 40.4 Å². The molecule has 1 atom stereocenters. The van der Waals surface area contributed by atoms with Crippen LogP contribution in [0.2, 0.25) is 0 Å². The average Bonchev–Trinajstić information content (AvgIpc) is 3.00. The molecule has 11 heteroatoms. The van der Waals surface area contributed by atoms with Crippen LogP contribution in [-0.4, -0.2) is 56.0 Å². The van der Waals surface area contributed by atoms with Gasteiger partial charge < -0.3 is 20.7 Å². The molecule has 1 amide bonds. The van der Waals surface area contributed by atoms with Gasteiger partial charge in [0.15, 0.2) is 0 Å². The van der Waals surface area contributed by atoms with Gasteiger partial charge in [0.05, 0.1) is 29.7 Å². The molecule has 3 N–H and O–H groups in total. The highest BCUT2D eigenvalue weighted by Crippen LogP contribution is 2.30. The second kappa shape index (κ2) is 11.4. The van der Waals surface area contributed by atoms with Gasteiger partial charge in [-0.25, -0.2) is 15.0 Å². The first-order valence-electron chi connectivity index (χ1n) is 13.1. The van der Waals surface area contributed by atoms with Crippen molar-refractivity contribution in [2.45, 2.75) is 19.9 Å². The third kappa shape index (κ3) is 5.29. The first-order chi connectivity index (χ1) is 19.8. The van der Waals surface area contributed by atoms with E-state index in [-0.39, 0.29) is 28.8 Å². The van der Waals surface area contributed by atoms with Crippen molar-refractivity contribution in [2.75, 3.05) is 31.8 Å². The maximum absolute atomic E-state index is 14.4. The van der Waals surface area contributed by atoms with E-state index in [9.17, 15) is 9.59 Å². The van der Waals surface area contributed by atoms with E-state index in [1.54, 1.807) is 42.0 Å². The van der Waals surface area contributed by atoms with Crippen LogP contribution in [0.3, 0.4) is 0 Å². The highest BCUT2D eigenvalue weighted by molar-refractivity contribution is 5.98. The van der Waals surface area contributed by atoms with Gasteiger partial charge in [-0.2, -0.15) is 4.98 Å². The number of hydrogen-bond acceptors (Lipinski definition) is 9. The fourth-order valence-corrected chi connectivity index (χ4v) is 4.57. The van der Waals surface area contributed by atoms with Gasteiger partial charge >= 0.3 is 0 Å². The Morgan fingerprint density at radius 1 is 1.10 bits per heavy atom. The third-order valence-electron chi connectivity index (χ3n) is 6.79. The molecule has 0 aliphatic heterocycles. The van der Waals surface area contributed by atoms with Crippen molar-refractivity contribution >= 4 is 28.6 Å². The van der Waals surface area contributed by atoms with Crippen molar-refractivity contribution in [2.24, 2.45) is 0 Å². The van der Waals surface area contributed by atoms with Gasteiger partial charge in [0.25, 0.3) is 11.5 Å². The number of nitrogens with one attached hydrogen (secondary N) is 1. The van der Waals surface area contributed by atoms with Crippen LogP contribution >= 0.6 is 0 Å². The zero-order valence-corrected chi connectivity index (χ0v) is 23.2. The number of anilines is 2. The molecule has 2 aromatic carbocycles. The van der Waals surface area contributed by atoms with Crippen molar-refractivity contribution in [3.05, 3.63) is 94.8 Å². The zero-order valence-electron chi connectivity index (χ0n) is 23.2. The number of nitrogens with two attached hydrogens (primary N) is 1. The topological polar surface area (TPSA) is 141 Å². The van der Waals surface area contributed by atoms with E-state index in [0.717, 1.165) is 5.56 Å². The predicted molar refractivity (Wildman–Crippen MR) is 158 cm³/mol. The van der Waals surface area contributed by atoms with Gasteiger partial charge in [0.2, 0.25) is 11.8 Å². The minimum absolute atomic E-state index is 0.0137. The second-order valence-electron chi connectivity index (χ2n) is 9.41. The summed E-state index contributed by atoms with van der Waals surface area (Å²) in [6, 6.07) is 17.9. The highest BCUT2D eigenvalue weighted by Gasteiger charge is 2.24. The molecule has 5 rings (SSSR count). The van der Waals surface area contributed by atoms with Crippen molar-refractivity contribution < 1.29 is 9.53 Å². The summed E-state index contributed by atoms with van der Waals surface area (Å²) in [4.78, 5) is 46.4. The summed E-state index contributed by atoms with van der Waals surface area (Å²) in [6.07, 6.45) is 3.04. The third-order valence-corrected chi connectivity index (χ3v) is 6.79. The summed E-state index contributed by atoms with van der Waals surface area (Å²) < 4.78 is 6.89. The Labute approximate surface area is 236 Å².